The van der Waals surface area contributed by atoms with Gasteiger partial charge in [-0.05, 0) is 80.8 Å². The zero-order valence-corrected chi connectivity index (χ0v) is 21.8. The molecule has 5 N–H and O–H groups in total. The summed E-state index contributed by atoms with van der Waals surface area (Å²) in [6.07, 6.45) is 4.57. The van der Waals surface area contributed by atoms with E-state index >= 15 is 0 Å². The number of nitrogens with two attached hydrogens (primary N) is 1. The molecule has 13 heteroatoms. The standard InChI is InChI=1S/C25H32F2N6O4S/c26-8-12-33-10-6-15(7-11-33)5-9-29-25(36)31-24-20(21(28)34)23(32-38-24)37-14-17-13-16(1-4-19(17)27)22(35)30-18-2-3-18/h1,4,13,15,18H,2-3,5-12,14H2,(H2,28,34)(H,30,35)(H2,29,31,36). The van der Waals surface area contributed by atoms with E-state index in [0.717, 1.165) is 56.7 Å². The van der Waals surface area contributed by atoms with Gasteiger partial charge >= 0.3 is 6.03 Å². The molecular weight excluding hydrogens is 518 g/mol. The summed E-state index contributed by atoms with van der Waals surface area (Å²) in [5.41, 5.74) is 5.80. The highest BCUT2D eigenvalue weighted by atomic mass is 32.1. The highest BCUT2D eigenvalue weighted by Crippen LogP contribution is 2.31. The number of ether oxygens (including phenoxy) is 1. The van der Waals surface area contributed by atoms with E-state index in [9.17, 15) is 23.2 Å². The third-order valence-electron chi connectivity index (χ3n) is 6.67. The van der Waals surface area contributed by atoms with Crippen LogP contribution in [0.15, 0.2) is 18.2 Å². The van der Waals surface area contributed by atoms with Gasteiger partial charge in [0.2, 0.25) is 5.88 Å². The number of amides is 4. The molecule has 2 fully saturated rings. The highest BCUT2D eigenvalue weighted by molar-refractivity contribution is 7.11. The summed E-state index contributed by atoms with van der Waals surface area (Å²) < 4.78 is 36.5. The van der Waals surface area contributed by atoms with Gasteiger partial charge in [-0.1, -0.05) is 0 Å². The molecule has 10 nitrogen and oxygen atoms in total. The number of benzene rings is 1. The zero-order chi connectivity index (χ0) is 27.1. The highest BCUT2D eigenvalue weighted by Gasteiger charge is 2.25. The van der Waals surface area contributed by atoms with Gasteiger partial charge in [0.25, 0.3) is 11.8 Å². The van der Waals surface area contributed by atoms with Crippen molar-refractivity contribution < 1.29 is 27.9 Å². The fourth-order valence-electron chi connectivity index (χ4n) is 4.30. The quantitative estimate of drug-likeness (QED) is 0.321. The van der Waals surface area contributed by atoms with Crippen LogP contribution in [-0.4, -0.2) is 66.0 Å². The number of likely N-dealkylation sites (tertiary alicyclic amines) is 1. The monoisotopic (exact) mass is 550 g/mol. The Kier molecular flexibility index (Phi) is 9.45. The van der Waals surface area contributed by atoms with Crippen molar-refractivity contribution in [3.63, 3.8) is 0 Å². The molecule has 1 aliphatic carbocycles. The minimum absolute atomic E-state index is 0.111. The van der Waals surface area contributed by atoms with Crippen molar-refractivity contribution in [2.75, 3.05) is 38.2 Å². The van der Waals surface area contributed by atoms with Crippen molar-refractivity contribution in [1.29, 1.82) is 0 Å². The van der Waals surface area contributed by atoms with Gasteiger partial charge in [-0.25, -0.2) is 13.6 Å². The van der Waals surface area contributed by atoms with Crippen LogP contribution in [0.2, 0.25) is 0 Å². The number of piperidine rings is 1. The van der Waals surface area contributed by atoms with E-state index in [-0.39, 0.29) is 47.2 Å². The molecule has 2 heterocycles. The lowest BCUT2D eigenvalue weighted by atomic mass is 9.93. The Morgan fingerprint density at radius 2 is 1.95 bits per heavy atom. The van der Waals surface area contributed by atoms with Crippen molar-refractivity contribution in [1.82, 2.24) is 19.9 Å². The number of nitrogens with one attached hydrogen (secondary N) is 3. The molecule has 2 aromatic rings. The summed E-state index contributed by atoms with van der Waals surface area (Å²) in [4.78, 5) is 38.9. The molecule has 1 saturated heterocycles. The van der Waals surface area contributed by atoms with Crippen molar-refractivity contribution >= 4 is 34.4 Å². The molecule has 1 aromatic heterocycles. The first-order valence-electron chi connectivity index (χ1n) is 12.7. The summed E-state index contributed by atoms with van der Waals surface area (Å²) in [6.45, 7) is 1.98. The van der Waals surface area contributed by atoms with Crippen LogP contribution in [0.5, 0.6) is 5.88 Å². The third-order valence-corrected chi connectivity index (χ3v) is 7.41. The van der Waals surface area contributed by atoms with Crippen LogP contribution in [0, 0.1) is 11.7 Å². The second-order valence-electron chi connectivity index (χ2n) is 9.54. The second-order valence-corrected chi connectivity index (χ2v) is 10.3. The Labute approximate surface area is 223 Å². The summed E-state index contributed by atoms with van der Waals surface area (Å²) in [6, 6.07) is 3.61. The summed E-state index contributed by atoms with van der Waals surface area (Å²) in [7, 11) is 0. The number of nitrogens with zero attached hydrogens (tertiary/aromatic N) is 2. The van der Waals surface area contributed by atoms with E-state index in [2.05, 4.69) is 25.2 Å². The van der Waals surface area contributed by atoms with Crippen molar-refractivity contribution in [2.24, 2.45) is 11.7 Å². The number of aromatic nitrogens is 1. The lowest BCUT2D eigenvalue weighted by molar-refractivity contribution is 0.0949. The van der Waals surface area contributed by atoms with Crippen molar-refractivity contribution in [3.05, 3.63) is 40.7 Å². The number of hydrogen-bond acceptors (Lipinski definition) is 7. The smallest absolute Gasteiger partial charge is 0.319 e. The second kappa shape index (κ2) is 13.0. The maximum atomic E-state index is 14.3. The maximum absolute atomic E-state index is 14.3. The lowest BCUT2D eigenvalue weighted by Gasteiger charge is -2.31. The van der Waals surface area contributed by atoms with Gasteiger partial charge in [-0.15, -0.1) is 0 Å². The van der Waals surface area contributed by atoms with Crippen molar-refractivity contribution in [3.8, 4) is 5.88 Å². The average Bonchev–Trinajstić information content (AvgIpc) is 3.62. The Balaban J connectivity index is 1.29. The number of anilines is 1. The normalized spacial score (nSPS) is 16.2. The average molecular weight is 551 g/mol. The maximum Gasteiger partial charge on any atom is 0.319 e. The van der Waals surface area contributed by atoms with Crippen LogP contribution in [0.1, 0.15) is 58.4 Å². The van der Waals surface area contributed by atoms with Crippen LogP contribution in [0.25, 0.3) is 0 Å². The largest absolute Gasteiger partial charge is 0.471 e. The first-order chi connectivity index (χ1) is 18.3. The van der Waals surface area contributed by atoms with Crippen LogP contribution < -0.4 is 26.4 Å². The minimum Gasteiger partial charge on any atom is -0.471 e. The first-order valence-corrected chi connectivity index (χ1v) is 13.5. The SMILES string of the molecule is NC(=O)c1c(OCc2cc(C(=O)NC3CC3)ccc2F)nsc1NC(=O)NCCC1CCN(CCF)CC1. The Morgan fingerprint density at radius 1 is 1.18 bits per heavy atom. The Morgan fingerprint density at radius 3 is 2.63 bits per heavy atom. The Hall–Kier alpha value is -3.32. The number of carbonyl (C=O) groups is 3. The van der Waals surface area contributed by atoms with Gasteiger partial charge < -0.3 is 26.0 Å². The van der Waals surface area contributed by atoms with E-state index in [1.165, 1.54) is 18.2 Å². The molecule has 4 amide bonds. The predicted molar refractivity (Wildman–Crippen MR) is 139 cm³/mol. The van der Waals surface area contributed by atoms with Gasteiger partial charge in [0.05, 0.1) is 0 Å². The number of alkyl halides is 1. The molecule has 38 heavy (non-hydrogen) atoms. The van der Waals surface area contributed by atoms with Crippen molar-refractivity contribution in [2.45, 2.75) is 44.8 Å². The lowest BCUT2D eigenvalue weighted by Crippen LogP contribution is -2.37. The first kappa shape index (κ1) is 27.7. The minimum atomic E-state index is -0.859. The van der Waals surface area contributed by atoms with E-state index in [1.807, 2.05) is 0 Å². The van der Waals surface area contributed by atoms with Crippen LogP contribution in [-0.2, 0) is 6.61 Å². The van der Waals surface area contributed by atoms with Crippen LogP contribution >= 0.6 is 11.5 Å². The third kappa shape index (κ3) is 7.60. The van der Waals surface area contributed by atoms with Gasteiger partial charge in [0.15, 0.2) is 0 Å². The summed E-state index contributed by atoms with van der Waals surface area (Å²) in [5.74, 6) is -1.41. The molecule has 1 aliphatic heterocycles. The topological polar surface area (TPSA) is 139 Å². The predicted octanol–water partition coefficient (Wildman–Crippen LogP) is 3.05. The Bertz CT molecular complexity index is 1150. The molecule has 2 aliphatic rings. The van der Waals surface area contributed by atoms with Gasteiger partial charge in [0, 0.05) is 30.3 Å². The van der Waals surface area contributed by atoms with E-state index in [4.69, 9.17) is 10.5 Å². The fourth-order valence-corrected chi connectivity index (χ4v) is 5.04. The molecule has 0 bridgehead atoms. The number of primary amides is 1. The molecule has 1 aromatic carbocycles. The summed E-state index contributed by atoms with van der Waals surface area (Å²) >= 11 is 0.819. The fraction of sp³-hybridized carbons (Fsp3) is 0.520. The molecule has 206 valence electrons. The molecular formula is C25H32F2N6O4S. The van der Waals surface area contributed by atoms with Crippen LogP contribution in [0.3, 0.4) is 0 Å². The van der Waals surface area contributed by atoms with Gasteiger partial charge in [0.1, 0.15) is 29.7 Å². The van der Waals surface area contributed by atoms with Gasteiger partial charge in [-0.2, -0.15) is 4.37 Å². The van der Waals surface area contributed by atoms with E-state index in [1.54, 1.807) is 0 Å². The van der Waals surface area contributed by atoms with Crippen LogP contribution in [0.4, 0.5) is 18.6 Å². The summed E-state index contributed by atoms with van der Waals surface area (Å²) in [5, 5.41) is 8.30. The molecule has 0 atom stereocenters. The number of hydrogen-bond donors (Lipinski definition) is 4. The molecule has 4 rings (SSSR count). The number of rotatable bonds is 12. The molecule has 0 radical (unpaired) electrons. The molecule has 0 spiro atoms. The zero-order valence-electron chi connectivity index (χ0n) is 20.9. The number of halogens is 2. The molecule has 1 saturated carbocycles. The van der Waals surface area contributed by atoms with E-state index < -0.39 is 17.8 Å². The van der Waals surface area contributed by atoms with Gasteiger partial charge in [-0.3, -0.25) is 14.9 Å². The van der Waals surface area contributed by atoms with E-state index in [0.29, 0.717) is 24.6 Å². The molecule has 0 unspecified atom stereocenters. The number of urea groups is 1. The number of carbonyl (C=O) groups excluding carboxylic acids is 3.